The Bertz CT molecular complexity index is 907. The van der Waals surface area contributed by atoms with Crippen molar-refractivity contribution in [2.75, 3.05) is 57.3 Å². The highest BCUT2D eigenvalue weighted by Gasteiger charge is 2.30. The van der Waals surface area contributed by atoms with Gasteiger partial charge in [-0.2, -0.15) is 4.31 Å². The number of amides is 1. The van der Waals surface area contributed by atoms with E-state index in [0.717, 1.165) is 32.1 Å². The van der Waals surface area contributed by atoms with Crippen molar-refractivity contribution in [3.8, 4) is 0 Å². The van der Waals surface area contributed by atoms with Crippen LogP contribution in [0.5, 0.6) is 0 Å². The molecular formula is C21H33N5O5S. The quantitative estimate of drug-likeness (QED) is 0.458. The molecule has 10 nitrogen and oxygen atoms in total. The Hall–Kier alpha value is -2.24. The summed E-state index contributed by atoms with van der Waals surface area (Å²) in [5, 5.41) is 14.6. The monoisotopic (exact) mass is 467 g/mol. The van der Waals surface area contributed by atoms with Crippen molar-refractivity contribution in [1.82, 2.24) is 14.5 Å². The van der Waals surface area contributed by atoms with E-state index in [1.54, 1.807) is 6.07 Å². The van der Waals surface area contributed by atoms with Crippen LogP contribution < -0.4 is 10.2 Å². The minimum atomic E-state index is -3.76. The number of anilines is 1. The number of hydrogen-bond donors (Lipinski definition) is 1. The lowest BCUT2D eigenvalue weighted by atomic mass is 10.2. The standard InChI is InChI=1S/C21H33N5O5S/c1-2-9-22-21(27)17-23-12-14-24(15-13-23)19-8-7-18(16-20(19)26(28)29)32(30,31)25-10-5-3-4-6-11-25/h7-8,16H,2-6,9-15,17H2,1H3,(H,22,27). The van der Waals surface area contributed by atoms with Crippen molar-refractivity contribution < 1.29 is 18.1 Å². The number of nitro benzene ring substituents is 1. The fourth-order valence-corrected chi connectivity index (χ4v) is 5.72. The summed E-state index contributed by atoms with van der Waals surface area (Å²) >= 11 is 0. The molecular weight excluding hydrogens is 434 g/mol. The lowest BCUT2D eigenvalue weighted by molar-refractivity contribution is -0.384. The molecule has 2 heterocycles. The predicted octanol–water partition coefficient (Wildman–Crippen LogP) is 1.81. The summed E-state index contributed by atoms with van der Waals surface area (Å²) < 4.78 is 27.6. The van der Waals surface area contributed by atoms with E-state index in [2.05, 4.69) is 5.32 Å². The van der Waals surface area contributed by atoms with E-state index in [9.17, 15) is 23.3 Å². The average Bonchev–Trinajstić information content (AvgIpc) is 3.08. The van der Waals surface area contributed by atoms with Gasteiger partial charge in [-0.1, -0.05) is 19.8 Å². The first kappa shape index (κ1) is 24.4. The second-order valence-electron chi connectivity index (χ2n) is 8.34. The largest absolute Gasteiger partial charge is 0.363 e. The van der Waals surface area contributed by atoms with Gasteiger partial charge in [0, 0.05) is 51.9 Å². The molecule has 2 saturated heterocycles. The van der Waals surface area contributed by atoms with Gasteiger partial charge in [0.15, 0.2) is 0 Å². The van der Waals surface area contributed by atoms with E-state index in [1.807, 2.05) is 16.7 Å². The second-order valence-corrected chi connectivity index (χ2v) is 10.3. The first-order valence-electron chi connectivity index (χ1n) is 11.4. The summed E-state index contributed by atoms with van der Waals surface area (Å²) in [6.07, 6.45) is 4.49. The van der Waals surface area contributed by atoms with Gasteiger partial charge >= 0.3 is 0 Å². The summed E-state index contributed by atoms with van der Waals surface area (Å²) in [6.45, 7) is 6.11. The number of hydrogen-bond acceptors (Lipinski definition) is 7. The highest BCUT2D eigenvalue weighted by molar-refractivity contribution is 7.89. The maximum Gasteiger partial charge on any atom is 0.293 e. The van der Waals surface area contributed by atoms with Gasteiger partial charge in [0.25, 0.3) is 5.69 Å². The minimum absolute atomic E-state index is 0.0191. The van der Waals surface area contributed by atoms with Crippen molar-refractivity contribution in [3.63, 3.8) is 0 Å². The number of nitrogens with zero attached hydrogens (tertiary/aromatic N) is 4. The lowest BCUT2D eigenvalue weighted by Crippen LogP contribution is -2.49. The molecule has 0 aromatic heterocycles. The third-order valence-corrected chi connectivity index (χ3v) is 7.89. The molecule has 0 aliphatic carbocycles. The molecule has 3 rings (SSSR count). The average molecular weight is 468 g/mol. The van der Waals surface area contributed by atoms with Crippen LogP contribution in [0.1, 0.15) is 39.0 Å². The molecule has 178 valence electrons. The van der Waals surface area contributed by atoms with Crippen molar-refractivity contribution in [2.24, 2.45) is 0 Å². The minimum Gasteiger partial charge on any atom is -0.363 e. The van der Waals surface area contributed by atoms with Gasteiger partial charge in [-0.05, 0) is 31.4 Å². The van der Waals surface area contributed by atoms with Gasteiger partial charge in [-0.3, -0.25) is 19.8 Å². The number of nitro groups is 1. The summed E-state index contributed by atoms with van der Waals surface area (Å²) in [7, 11) is -3.76. The number of carbonyl (C=O) groups is 1. The molecule has 0 spiro atoms. The van der Waals surface area contributed by atoms with E-state index < -0.39 is 14.9 Å². The van der Waals surface area contributed by atoms with Crippen LogP contribution in [-0.2, 0) is 14.8 Å². The maximum absolute atomic E-state index is 13.1. The summed E-state index contributed by atoms with van der Waals surface area (Å²) in [4.78, 5) is 27.1. The number of piperazine rings is 1. The van der Waals surface area contributed by atoms with Crippen molar-refractivity contribution in [1.29, 1.82) is 0 Å². The molecule has 0 radical (unpaired) electrons. The van der Waals surface area contributed by atoms with Crippen LogP contribution in [0.25, 0.3) is 0 Å². The number of nitrogens with one attached hydrogen (secondary N) is 1. The maximum atomic E-state index is 13.1. The highest BCUT2D eigenvalue weighted by Crippen LogP contribution is 2.33. The highest BCUT2D eigenvalue weighted by atomic mass is 32.2. The fraction of sp³-hybridized carbons (Fsp3) is 0.667. The lowest BCUT2D eigenvalue weighted by Gasteiger charge is -2.35. The molecule has 2 aliphatic rings. The second kappa shape index (κ2) is 11.1. The zero-order valence-corrected chi connectivity index (χ0v) is 19.5. The fourth-order valence-electron chi connectivity index (χ4n) is 4.18. The van der Waals surface area contributed by atoms with Crippen LogP contribution in [0.15, 0.2) is 23.1 Å². The molecule has 2 aliphatic heterocycles. The summed E-state index contributed by atoms with van der Waals surface area (Å²) in [5.74, 6) is -0.0191. The van der Waals surface area contributed by atoms with Gasteiger partial charge in [-0.25, -0.2) is 8.42 Å². The number of rotatable bonds is 8. The zero-order chi connectivity index (χ0) is 23.1. The Morgan fingerprint density at radius 1 is 1.06 bits per heavy atom. The van der Waals surface area contributed by atoms with Gasteiger partial charge in [0.1, 0.15) is 5.69 Å². The van der Waals surface area contributed by atoms with Gasteiger partial charge < -0.3 is 10.2 Å². The van der Waals surface area contributed by atoms with Gasteiger partial charge in [0.2, 0.25) is 15.9 Å². The molecule has 1 amide bonds. The van der Waals surface area contributed by atoms with Crippen LogP contribution in [0.3, 0.4) is 0 Å². The van der Waals surface area contributed by atoms with Crippen LogP contribution in [-0.4, -0.2) is 80.8 Å². The van der Waals surface area contributed by atoms with Gasteiger partial charge in [-0.15, -0.1) is 0 Å². The smallest absolute Gasteiger partial charge is 0.293 e. The van der Waals surface area contributed by atoms with E-state index >= 15 is 0 Å². The molecule has 1 aromatic rings. The van der Waals surface area contributed by atoms with Gasteiger partial charge in [0.05, 0.1) is 16.4 Å². The number of benzene rings is 1. The molecule has 0 bridgehead atoms. The molecule has 0 saturated carbocycles. The van der Waals surface area contributed by atoms with Crippen molar-refractivity contribution >= 4 is 27.3 Å². The van der Waals surface area contributed by atoms with Crippen LogP contribution in [0, 0.1) is 10.1 Å². The SMILES string of the molecule is CCCNC(=O)CN1CCN(c2ccc(S(=O)(=O)N3CCCCCC3)cc2[N+](=O)[O-])CC1. The van der Waals surface area contributed by atoms with E-state index in [1.165, 1.54) is 16.4 Å². The normalized spacial score (nSPS) is 18.8. The van der Waals surface area contributed by atoms with Crippen LogP contribution >= 0.6 is 0 Å². The molecule has 32 heavy (non-hydrogen) atoms. The zero-order valence-electron chi connectivity index (χ0n) is 18.7. The molecule has 2 fully saturated rings. The van der Waals surface area contributed by atoms with Crippen LogP contribution in [0.2, 0.25) is 0 Å². The third kappa shape index (κ3) is 5.96. The summed E-state index contributed by atoms with van der Waals surface area (Å²) in [5.41, 5.74) is 0.218. The van der Waals surface area contributed by atoms with Crippen LogP contribution in [0.4, 0.5) is 11.4 Å². The topological polar surface area (TPSA) is 116 Å². The summed E-state index contributed by atoms with van der Waals surface area (Å²) in [6, 6.07) is 4.22. The first-order chi connectivity index (χ1) is 15.3. The predicted molar refractivity (Wildman–Crippen MR) is 122 cm³/mol. The molecule has 1 N–H and O–H groups in total. The molecule has 0 unspecified atom stereocenters. The Morgan fingerprint density at radius 2 is 1.72 bits per heavy atom. The molecule has 0 atom stereocenters. The molecule has 11 heteroatoms. The van der Waals surface area contributed by atoms with E-state index in [4.69, 9.17) is 0 Å². The van der Waals surface area contributed by atoms with Crippen molar-refractivity contribution in [2.45, 2.75) is 43.9 Å². The Labute approximate surface area is 189 Å². The first-order valence-corrected chi connectivity index (χ1v) is 12.8. The van der Waals surface area contributed by atoms with Crippen molar-refractivity contribution in [3.05, 3.63) is 28.3 Å². The third-order valence-electron chi connectivity index (χ3n) is 6.00. The Morgan fingerprint density at radius 3 is 2.31 bits per heavy atom. The Kier molecular flexibility index (Phi) is 8.44. The number of sulfonamides is 1. The molecule has 1 aromatic carbocycles. The van der Waals surface area contributed by atoms with E-state index in [0.29, 0.717) is 58.0 Å². The number of carbonyl (C=O) groups excluding carboxylic acids is 1. The Balaban J connectivity index is 1.72. The van der Waals surface area contributed by atoms with E-state index in [-0.39, 0.29) is 16.5 Å².